The van der Waals surface area contributed by atoms with Gasteiger partial charge in [0.25, 0.3) is 10.0 Å². The van der Waals surface area contributed by atoms with Crippen LogP contribution < -0.4 is 4.72 Å². The second-order valence-electron chi connectivity index (χ2n) is 3.99. The monoisotopic (exact) mass is 279 g/mol. The summed E-state index contributed by atoms with van der Waals surface area (Å²) in [5.41, 5.74) is 0. The van der Waals surface area contributed by atoms with Crippen molar-refractivity contribution in [1.29, 1.82) is 0 Å². The summed E-state index contributed by atoms with van der Waals surface area (Å²) in [5, 5.41) is 0.0228. The highest BCUT2D eigenvalue weighted by molar-refractivity contribution is 7.89. The fraction of sp³-hybridized carbons (Fsp3) is 0.700. The fourth-order valence-electron chi connectivity index (χ4n) is 1.45. The molecule has 1 rings (SSSR count). The molecule has 17 heavy (non-hydrogen) atoms. The number of hydrogen-bond donors (Lipinski definition) is 1. The largest absolute Gasteiger partial charge is 0.324 e. The van der Waals surface area contributed by atoms with Gasteiger partial charge in [-0.25, -0.2) is 18.1 Å². The zero-order chi connectivity index (χ0) is 13.1. The van der Waals surface area contributed by atoms with Gasteiger partial charge in [-0.2, -0.15) is 0 Å². The molecule has 0 spiro atoms. The quantitative estimate of drug-likeness (QED) is 0.863. The number of aryl methyl sites for hydroxylation is 1. The molecule has 1 heterocycles. The first-order valence-corrected chi connectivity index (χ1v) is 7.45. The van der Waals surface area contributed by atoms with Crippen molar-refractivity contribution in [2.45, 2.75) is 31.7 Å². The van der Waals surface area contributed by atoms with Crippen molar-refractivity contribution in [3.63, 3.8) is 0 Å². The van der Waals surface area contributed by atoms with E-state index in [4.69, 9.17) is 11.6 Å². The summed E-state index contributed by atoms with van der Waals surface area (Å²) in [4.78, 5) is 3.80. The lowest BCUT2D eigenvalue weighted by atomic mass is 10.0. The summed E-state index contributed by atoms with van der Waals surface area (Å²) in [6, 6.07) is 0. The van der Waals surface area contributed by atoms with Crippen LogP contribution in [-0.4, -0.2) is 24.5 Å². The van der Waals surface area contributed by atoms with Crippen LogP contribution in [0.3, 0.4) is 0 Å². The Morgan fingerprint density at radius 1 is 1.47 bits per heavy atom. The molecule has 0 atom stereocenters. The number of rotatable bonds is 6. The second kappa shape index (κ2) is 5.84. The average Bonchev–Trinajstić information content (AvgIpc) is 2.61. The van der Waals surface area contributed by atoms with Crippen LogP contribution in [0.4, 0.5) is 0 Å². The molecule has 1 N–H and O–H groups in total. The number of halogens is 1. The van der Waals surface area contributed by atoms with E-state index in [1.165, 1.54) is 10.9 Å². The fourth-order valence-corrected chi connectivity index (χ4v) is 2.99. The smallest absolute Gasteiger partial charge is 0.261 e. The molecule has 0 amide bonds. The summed E-state index contributed by atoms with van der Waals surface area (Å²) < 4.78 is 27.9. The first kappa shape index (κ1) is 14.5. The predicted octanol–water partition coefficient (Wildman–Crippen LogP) is 1.79. The van der Waals surface area contributed by atoms with Gasteiger partial charge in [-0.15, -0.1) is 0 Å². The van der Waals surface area contributed by atoms with Crippen LogP contribution in [0.15, 0.2) is 11.4 Å². The first-order valence-electron chi connectivity index (χ1n) is 5.58. The van der Waals surface area contributed by atoms with Crippen molar-refractivity contribution in [1.82, 2.24) is 14.3 Å². The molecule has 0 aliphatic heterocycles. The highest BCUT2D eigenvalue weighted by atomic mass is 35.5. The Morgan fingerprint density at radius 2 is 2.06 bits per heavy atom. The Morgan fingerprint density at radius 3 is 2.47 bits per heavy atom. The maximum atomic E-state index is 11.9. The highest BCUT2D eigenvalue weighted by Gasteiger charge is 2.22. The molecule has 1 aromatic rings. The van der Waals surface area contributed by atoms with Gasteiger partial charge in [-0.3, -0.25) is 0 Å². The van der Waals surface area contributed by atoms with Crippen LogP contribution >= 0.6 is 11.6 Å². The molecule has 0 saturated heterocycles. The van der Waals surface area contributed by atoms with Crippen LogP contribution in [0, 0.1) is 5.92 Å². The highest BCUT2D eigenvalue weighted by Crippen LogP contribution is 2.18. The Kier molecular flexibility index (Phi) is 4.97. The molecular formula is C10H18ClN3O2S. The van der Waals surface area contributed by atoms with E-state index in [0.29, 0.717) is 12.5 Å². The standard InChI is InChI=1S/C10H18ClN3O2S/c1-4-8(5-2)6-13-17(15,16)10-9(11)14(3)7-12-10/h7-8,13H,4-6H2,1-3H3. The molecule has 0 aromatic carbocycles. The third-order valence-corrected chi connectivity index (χ3v) is 4.72. The lowest BCUT2D eigenvalue weighted by Crippen LogP contribution is -2.29. The Labute approximate surface area is 107 Å². The predicted molar refractivity (Wildman–Crippen MR) is 67.5 cm³/mol. The van der Waals surface area contributed by atoms with Gasteiger partial charge in [0.2, 0.25) is 5.03 Å². The van der Waals surface area contributed by atoms with E-state index in [-0.39, 0.29) is 10.2 Å². The van der Waals surface area contributed by atoms with E-state index in [1.807, 2.05) is 13.8 Å². The number of nitrogens with one attached hydrogen (secondary N) is 1. The van der Waals surface area contributed by atoms with Gasteiger partial charge >= 0.3 is 0 Å². The number of aromatic nitrogens is 2. The molecule has 0 aliphatic carbocycles. The van der Waals surface area contributed by atoms with Crippen molar-refractivity contribution >= 4 is 21.6 Å². The van der Waals surface area contributed by atoms with Crippen molar-refractivity contribution in [3.05, 3.63) is 11.5 Å². The summed E-state index contributed by atoms with van der Waals surface area (Å²) in [7, 11) is -1.95. The van der Waals surface area contributed by atoms with Crippen LogP contribution in [-0.2, 0) is 17.1 Å². The Balaban J connectivity index is 2.79. The van der Waals surface area contributed by atoms with Crippen LogP contribution in [0.2, 0.25) is 5.15 Å². The van der Waals surface area contributed by atoms with Gasteiger partial charge in [0.05, 0.1) is 6.33 Å². The Bertz CT molecular complexity index is 466. The van der Waals surface area contributed by atoms with Crippen molar-refractivity contribution in [2.24, 2.45) is 13.0 Å². The molecule has 7 heteroatoms. The topological polar surface area (TPSA) is 64.0 Å². The van der Waals surface area contributed by atoms with E-state index in [0.717, 1.165) is 12.8 Å². The van der Waals surface area contributed by atoms with Gasteiger partial charge in [0.15, 0.2) is 0 Å². The van der Waals surface area contributed by atoms with E-state index in [1.54, 1.807) is 7.05 Å². The minimum Gasteiger partial charge on any atom is -0.324 e. The molecule has 0 radical (unpaired) electrons. The molecule has 0 aliphatic rings. The minimum absolute atomic E-state index is 0.104. The number of hydrogen-bond acceptors (Lipinski definition) is 3. The third-order valence-electron chi connectivity index (χ3n) is 2.81. The molecule has 98 valence electrons. The van der Waals surface area contributed by atoms with Gasteiger partial charge < -0.3 is 4.57 Å². The number of sulfonamides is 1. The summed E-state index contributed by atoms with van der Waals surface area (Å²) in [6.07, 6.45) is 3.26. The lowest BCUT2D eigenvalue weighted by Gasteiger charge is -2.12. The average molecular weight is 280 g/mol. The van der Waals surface area contributed by atoms with Crippen LogP contribution in [0.25, 0.3) is 0 Å². The molecule has 0 saturated carbocycles. The zero-order valence-corrected chi connectivity index (χ0v) is 11.8. The van der Waals surface area contributed by atoms with Gasteiger partial charge in [0, 0.05) is 13.6 Å². The van der Waals surface area contributed by atoms with Gasteiger partial charge in [-0.1, -0.05) is 38.3 Å². The van der Waals surface area contributed by atoms with E-state index < -0.39 is 10.0 Å². The van der Waals surface area contributed by atoms with Crippen molar-refractivity contribution < 1.29 is 8.42 Å². The van der Waals surface area contributed by atoms with E-state index in [2.05, 4.69) is 9.71 Å². The van der Waals surface area contributed by atoms with Crippen LogP contribution in [0.5, 0.6) is 0 Å². The van der Waals surface area contributed by atoms with E-state index in [9.17, 15) is 8.42 Å². The maximum Gasteiger partial charge on any atom is 0.261 e. The van der Waals surface area contributed by atoms with Crippen LogP contribution in [0.1, 0.15) is 26.7 Å². The molecule has 0 fully saturated rings. The molecule has 5 nitrogen and oxygen atoms in total. The Hall–Kier alpha value is -0.590. The molecule has 0 bridgehead atoms. The third kappa shape index (κ3) is 3.43. The second-order valence-corrected chi connectivity index (χ2v) is 6.03. The lowest BCUT2D eigenvalue weighted by molar-refractivity contribution is 0.478. The normalized spacial score (nSPS) is 12.3. The van der Waals surface area contributed by atoms with Gasteiger partial charge in [-0.05, 0) is 5.92 Å². The molecule has 0 unspecified atom stereocenters. The first-order chi connectivity index (χ1) is 7.92. The van der Waals surface area contributed by atoms with Crippen molar-refractivity contribution in [2.75, 3.05) is 6.54 Å². The molecule has 1 aromatic heterocycles. The summed E-state index contributed by atoms with van der Waals surface area (Å²) in [5.74, 6) is 0.340. The maximum absolute atomic E-state index is 11.9. The molecular weight excluding hydrogens is 262 g/mol. The van der Waals surface area contributed by atoms with E-state index >= 15 is 0 Å². The summed E-state index contributed by atoms with van der Waals surface area (Å²) >= 11 is 5.86. The zero-order valence-electron chi connectivity index (χ0n) is 10.3. The van der Waals surface area contributed by atoms with Gasteiger partial charge in [0.1, 0.15) is 5.15 Å². The number of nitrogens with zero attached hydrogens (tertiary/aromatic N) is 2. The number of imidazole rings is 1. The summed E-state index contributed by atoms with van der Waals surface area (Å²) in [6.45, 7) is 4.49. The minimum atomic E-state index is -3.60. The SMILES string of the molecule is CCC(CC)CNS(=O)(=O)c1ncn(C)c1Cl. The van der Waals surface area contributed by atoms with Crippen molar-refractivity contribution in [3.8, 4) is 0 Å².